The van der Waals surface area contributed by atoms with Gasteiger partial charge >= 0.3 is 0 Å². The fourth-order valence-corrected chi connectivity index (χ4v) is 4.57. The molecule has 1 aliphatic heterocycles. The highest BCUT2D eigenvalue weighted by Gasteiger charge is 2.19. The molecule has 0 saturated carbocycles. The van der Waals surface area contributed by atoms with E-state index in [1.54, 1.807) is 19.1 Å². The molecule has 6 heteroatoms. The first-order valence-electron chi connectivity index (χ1n) is 6.57. The second kappa shape index (κ2) is 6.63. The fourth-order valence-electron chi connectivity index (χ4n) is 2.14. The van der Waals surface area contributed by atoms with Crippen LogP contribution < -0.4 is 10.0 Å². The lowest BCUT2D eigenvalue weighted by Gasteiger charge is -2.15. The van der Waals surface area contributed by atoms with Crippen molar-refractivity contribution in [3.63, 3.8) is 0 Å². The lowest BCUT2D eigenvalue weighted by atomic mass is 10.2. The summed E-state index contributed by atoms with van der Waals surface area (Å²) < 4.78 is 26.7. The van der Waals surface area contributed by atoms with Crippen molar-refractivity contribution in [2.45, 2.75) is 29.9 Å². The van der Waals surface area contributed by atoms with Crippen LogP contribution in [0.3, 0.4) is 0 Å². The van der Waals surface area contributed by atoms with Crippen LogP contribution in [0.1, 0.15) is 19.8 Å². The first-order chi connectivity index (χ1) is 9.13. The van der Waals surface area contributed by atoms with E-state index >= 15 is 0 Å². The summed E-state index contributed by atoms with van der Waals surface area (Å²) in [4.78, 5) is 0.333. The van der Waals surface area contributed by atoms with Crippen molar-refractivity contribution < 1.29 is 8.42 Å². The molecule has 1 aromatic rings. The summed E-state index contributed by atoms with van der Waals surface area (Å²) in [6, 6.07) is 7.07. The smallest absolute Gasteiger partial charge is 0.242 e. The molecule has 0 spiro atoms. The predicted molar refractivity (Wildman–Crippen MR) is 81.3 cm³/mol. The lowest BCUT2D eigenvalue weighted by molar-refractivity contribution is 0.584. The van der Waals surface area contributed by atoms with E-state index in [0.717, 1.165) is 6.54 Å². The minimum atomic E-state index is -3.41. The molecule has 4 nitrogen and oxygen atoms in total. The third-order valence-corrected chi connectivity index (χ3v) is 6.06. The number of thioether (sulfide) groups is 1. The first-order valence-corrected chi connectivity index (χ1v) is 9.11. The molecule has 0 bridgehead atoms. The zero-order chi connectivity index (χ0) is 13.7. The van der Waals surface area contributed by atoms with Crippen LogP contribution in [-0.2, 0) is 10.0 Å². The molecule has 1 fully saturated rings. The Hall–Kier alpha value is -0.720. The normalized spacial score (nSPS) is 19.5. The van der Waals surface area contributed by atoms with Gasteiger partial charge < -0.3 is 5.32 Å². The Balaban J connectivity index is 2.11. The van der Waals surface area contributed by atoms with Gasteiger partial charge in [0.05, 0.1) is 5.69 Å². The Morgan fingerprint density at radius 3 is 2.84 bits per heavy atom. The SMILES string of the molecule is CCNS(=O)(=O)c1ccccc1NCC1CCCS1. The summed E-state index contributed by atoms with van der Waals surface area (Å²) in [6.07, 6.45) is 2.47. The average molecular weight is 300 g/mol. The lowest BCUT2D eigenvalue weighted by Crippen LogP contribution is -2.25. The molecular weight excluding hydrogens is 280 g/mol. The number of hydrogen-bond donors (Lipinski definition) is 2. The van der Waals surface area contributed by atoms with Gasteiger partial charge in [-0.15, -0.1) is 0 Å². The van der Waals surface area contributed by atoms with Gasteiger partial charge in [0.1, 0.15) is 4.90 Å². The minimum absolute atomic E-state index is 0.333. The van der Waals surface area contributed by atoms with Gasteiger partial charge in [-0.1, -0.05) is 19.1 Å². The zero-order valence-corrected chi connectivity index (χ0v) is 12.7. The molecule has 1 aliphatic rings. The van der Waals surface area contributed by atoms with Gasteiger partial charge in [-0.3, -0.25) is 0 Å². The van der Waals surface area contributed by atoms with Gasteiger partial charge in [0.25, 0.3) is 0 Å². The van der Waals surface area contributed by atoms with Crippen molar-refractivity contribution >= 4 is 27.5 Å². The summed E-state index contributed by atoms with van der Waals surface area (Å²) in [5.41, 5.74) is 0.691. The predicted octanol–water partition coefficient (Wildman–Crippen LogP) is 2.29. The highest BCUT2D eigenvalue weighted by molar-refractivity contribution is 8.00. The monoisotopic (exact) mass is 300 g/mol. The molecule has 106 valence electrons. The number of para-hydroxylation sites is 1. The van der Waals surface area contributed by atoms with E-state index in [2.05, 4.69) is 10.0 Å². The molecule has 0 aromatic heterocycles. The van der Waals surface area contributed by atoms with E-state index in [1.165, 1.54) is 18.6 Å². The maximum atomic E-state index is 12.1. The molecule has 0 amide bonds. The van der Waals surface area contributed by atoms with E-state index in [1.807, 2.05) is 23.9 Å². The highest BCUT2D eigenvalue weighted by Crippen LogP contribution is 2.27. The number of rotatable bonds is 6. The van der Waals surface area contributed by atoms with Gasteiger partial charge in [-0.25, -0.2) is 13.1 Å². The molecule has 2 rings (SSSR count). The van der Waals surface area contributed by atoms with Crippen LogP contribution in [0, 0.1) is 0 Å². The average Bonchev–Trinajstić information content (AvgIpc) is 2.90. The van der Waals surface area contributed by atoms with Crippen molar-refractivity contribution in [2.75, 3.05) is 24.2 Å². The number of benzene rings is 1. The van der Waals surface area contributed by atoms with Gasteiger partial charge in [-0.2, -0.15) is 11.8 Å². The molecule has 1 unspecified atom stereocenters. The van der Waals surface area contributed by atoms with E-state index in [4.69, 9.17) is 0 Å². The van der Waals surface area contributed by atoms with Crippen molar-refractivity contribution in [3.8, 4) is 0 Å². The van der Waals surface area contributed by atoms with E-state index in [9.17, 15) is 8.42 Å². The highest BCUT2D eigenvalue weighted by atomic mass is 32.2. The molecule has 1 aromatic carbocycles. The second-order valence-electron chi connectivity index (χ2n) is 4.51. The molecule has 0 radical (unpaired) electrons. The summed E-state index contributed by atoms with van der Waals surface area (Å²) >= 11 is 1.96. The Morgan fingerprint density at radius 2 is 2.16 bits per heavy atom. The topological polar surface area (TPSA) is 58.2 Å². The summed E-state index contributed by atoms with van der Waals surface area (Å²) in [6.45, 7) is 3.00. The number of anilines is 1. The van der Waals surface area contributed by atoms with Gasteiger partial charge in [-0.05, 0) is 30.7 Å². The summed E-state index contributed by atoms with van der Waals surface area (Å²) in [5.74, 6) is 1.21. The number of sulfonamides is 1. The third-order valence-electron chi connectivity index (χ3n) is 3.06. The standard InChI is InChI=1S/C13H20N2O2S2/c1-2-15-19(16,17)13-8-4-3-7-12(13)14-10-11-6-5-9-18-11/h3-4,7-8,11,14-15H,2,5-6,9-10H2,1H3. The van der Waals surface area contributed by atoms with Crippen LogP contribution in [0.5, 0.6) is 0 Å². The molecule has 2 N–H and O–H groups in total. The van der Waals surface area contributed by atoms with Gasteiger partial charge in [0, 0.05) is 18.3 Å². The van der Waals surface area contributed by atoms with E-state index in [-0.39, 0.29) is 0 Å². The van der Waals surface area contributed by atoms with Crippen LogP contribution in [0.15, 0.2) is 29.2 Å². The molecule has 1 atom stereocenters. The largest absolute Gasteiger partial charge is 0.383 e. The molecule has 0 aliphatic carbocycles. The zero-order valence-electron chi connectivity index (χ0n) is 11.1. The van der Waals surface area contributed by atoms with Gasteiger partial charge in [0.2, 0.25) is 10.0 Å². The van der Waals surface area contributed by atoms with Crippen molar-refractivity contribution in [2.24, 2.45) is 0 Å². The summed E-state index contributed by atoms with van der Waals surface area (Å²) in [5, 5.41) is 3.87. The maximum absolute atomic E-state index is 12.1. The summed E-state index contributed by atoms with van der Waals surface area (Å²) in [7, 11) is -3.41. The number of hydrogen-bond acceptors (Lipinski definition) is 4. The Morgan fingerprint density at radius 1 is 1.37 bits per heavy atom. The van der Waals surface area contributed by atoms with E-state index in [0.29, 0.717) is 22.4 Å². The Kier molecular flexibility index (Phi) is 5.13. The van der Waals surface area contributed by atoms with Gasteiger partial charge in [0.15, 0.2) is 0 Å². The van der Waals surface area contributed by atoms with Crippen molar-refractivity contribution in [1.82, 2.24) is 4.72 Å². The maximum Gasteiger partial charge on any atom is 0.242 e. The quantitative estimate of drug-likeness (QED) is 0.846. The van der Waals surface area contributed by atoms with Crippen LogP contribution in [-0.4, -0.2) is 32.5 Å². The molecular formula is C13H20N2O2S2. The van der Waals surface area contributed by atoms with Crippen molar-refractivity contribution in [1.29, 1.82) is 0 Å². The first kappa shape index (κ1) is 14.7. The minimum Gasteiger partial charge on any atom is -0.383 e. The van der Waals surface area contributed by atoms with Crippen LogP contribution in [0.4, 0.5) is 5.69 Å². The molecule has 1 saturated heterocycles. The Bertz CT molecular complexity index is 511. The Labute approximate surface area is 119 Å². The van der Waals surface area contributed by atoms with Crippen LogP contribution in [0.2, 0.25) is 0 Å². The van der Waals surface area contributed by atoms with Crippen LogP contribution >= 0.6 is 11.8 Å². The number of nitrogens with one attached hydrogen (secondary N) is 2. The van der Waals surface area contributed by atoms with E-state index < -0.39 is 10.0 Å². The van der Waals surface area contributed by atoms with Crippen LogP contribution in [0.25, 0.3) is 0 Å². The third kappa shape index (κ3) is 3.87. The molecule has 19 heavy (non-hydrogen) atoms. The molecule has 1 heterocycles. The fraction of sp³-hybridized carbons (Fsp3) is 0.538. The second-order valence-corrected chi connectivity index (χ2v) is 7.66. The van der Waals surface area contributed by atoms with Crippen molar-refractivity contribution in [3.05, 3.63) is 24.3 Å².